The van der Waals surface area contributed by atoms with Crippen molar-refractivity contribution < 1.29 is 19.1 Å². The summed E-state index contributed by atoms with van der Waals surface area (Å²) in [6, 6.07) is 20.3. The molecule has 2 amide bonds. The van der Waals surface area contributed by atoms with Crippen LogP contribution in [0.3, 0.4) is 0 Å². The Kier molecular flexibility index (Phi) is 6.45. The molecular weight excluding hydrogens is 436 g/mol. The normalized spacial score (nSPS) is 10.5. The number of fused-ring (bicyclic) bond motifs is 1. The van der Waals surface area contributed by atoms with Gasteiger partial charge in [0, 0.05) is 11.1 Å². The molecule has 0 aliphatic carbocycles. The van der Waals surface area contributed by atoms with E-state index in [0.717, 1.165) is 5.56 Å². The predicted molar refractivity (Wildman–Crippen MR) is 127 cm³/mol. The summed E-state index contributed by atoms with van der Waals surface area (Å²) in [5, 5.41) is 12.0. The number of carbonyl (C=O) groups is 3. The van der Waals surface area contributed by atoms with E-state index in [4.69, 9.17) is 4.74 Å². The number of para-hydroxylation sites is 1. The van der Waals surface area contributed by atoms with Crippen LogP contribution in [0.2, 0.25) is 0 Å². The molecule has 1 aromatic heterocycles. The third-order valence-corrected chi connectivity index (χ3v) is 4.95. The zero-order chi connectivity index (χ0) is 24.1. The van der Waals surface area contributed by atoms with Gasteiger partial charge in [-0.05, 0) is 42.8 Å². The summed E-state index contributed by atoms with van der Waals surface area (Å²) in [5.41, 5.74) is 1.58. The summed E-state index contributed by atoms with van der Waals surface area (Å²) in [7, 11) is 0. The average Bonchev–Trinajstić information content (AvgIpc) is 2.83. The smallest absolute Gasteiger partial charge is 0.359 e. The Morgan fingerprint density at radius 2 is 1.65 bits per heavy atom. The Balaban J connectivity index is 1.43. The van der Waals surface area contributed by atoms with Crippen molar-refractivity contribution >= 4 is 39.9 Å². The molecule has 0 aliphatic heterocycles. The van der Waals surface area contributed by atoms with Gasteiger partial charge < -0.3 is 15.4 Å². The number of rotatable bonds is 6. The Morgan fingerprint density at radius 1 is 0.912 bits per heavy atom. The topological polar surface area (TPSA) is 130 Å². The molecule has 4 aromatic rings. The predicted octanol–water partition coefficient (Wildman–Crippen LogP) is 3.28. The van der Waals surface area contributed by atoms with Crippen LogP contribution in [-0.2, 0) is 9.53 Å². The van der Waals surface area contributed by atoms with Crippen molar-refractivity contribution in [3.8, 4) is 0 Å². The van der Waals surface area contributed by atoms with Crippen LogP contribution in [0, 0.1) is 6.92 Å². The highest BCUT2D eigenvalue weighted by atomic mass is 16.5. The Hall–Kier alpha value is -4.79. The van der Waals surface area contributed by atoms with Crippen molar-refractivity contribution in [1.29, 1.82) is 0 Å². The van der Waals surface area contributed by atoms with E-state index in [1.807, 2.05) is 25.1 Å². The number of aryl methyl sites for hydroxylation is 1. The van der Waals surface area contributed by atoms with Crippen molar-refractivity contribution in [1.82, 2.24) is 10.2 Å². The van der Waals surface area contributed by atoms with Crippen molar-refractivity contribution in [2.24, 2.45) is 0 Å². The molecule has 34 heavy (non-hydrogen) atoms. The van der Waals surface area contributed by atoms with Gasteiger partial charge >= 0.3 is 5.97 Å². The second-order valence-electron chi connectivity index (χ2n) is 7.44. The molecule has 0 spiro atoms. The van der Waals surface area contributed by atoms with Crippen molar-refractivity contribution in [3.63, 3.8) is 0 Å². The summed E-state index contributed by atoms with van der Waals surface area (Å²) in [6.45, 7) is 1.30. The first-order valence-electron chi connectivity index (χ1n) is 10.3. The highest BCUT2D eigenvalue weighted by Gasteiger charge is 2.18. The largest absolute Gasteiger partial charge is 0.451 e. The molecule has 0 unspecified atom stereocenters. The molecule has 0 aliphatic rings. The highest BCUT2D eigenvalue weighted by molar-refractivity contribution is 6.10. The van der Waals surface area contributed by atoms with E-state index in [0.29, 0.717) is 11.1 Å². The summed E-state index contributed by atoms with van der Waals surface area (Å²) in [5.74, 6) is -1.91. The lowest BCUT2D eigenvalue weighted by molar-refractivity contribution is -0.119. The zero-order valence-electron chi connectivity index (χ0n) is 18.1. The molecule has 0 fully saturated rings. The van der Waals surface area contributed by atoms with Crippen molar-refractivity contribution in [2.75, 3.05) is 17.2 Å². The fraction of sp³-hybridized carbons (Fsp3) is 0.0800. The first kappa shape index (κ1) is 22.4. The van der Waals surface area contributed by atoms with Gasteiger partial charge in [-0.3, -0.25) is 14.4 Å². The second-order valence-corrected chi connectivity index (χ2v) is 7.44. The first-order chi connectivity index (χ1) is 16.4. The quantitative estimate of drug-likeness (QED) is 0.382. The van der Waals surface area contributed by atoms with Crippen LogP contribution in [0.25, 0.3) is 10.8 Å². The summed E-state index contributed by atoms with van der Waals surface area (Å²) >= 11 is 0. The van der Waals surface area contributed by atoms with Crippen molar-refractivity contribution in [3.05, 3.63) is 100.0 Å². The van der Waals surface area contributed by atoms with Crippen LogP contribution in [0.15, 0.2) is 77.6 Å². The lowest BCUT2D eigenvalue weighted by Crippen LogP contribution is -2.24. The van der Waals surface area contributed by atoms with Gasteiger partial charge in [0.15, 0.2) is 12.3 Å². The number of hydrogen-bond donors (Lipinski definition) is 3. The van der Waals surface area contributed by atoms with Gasteiger partial charge in [0.25, 0.3) is 17.4 Å². The highest BCUT2D eigenvalue weighted by Crippen LogP contribution is 2.18. The number of nitrogens with zero attached hydrogens (tertiary/aromatic N) is 1. The van der Waals surface area contributed by atoms with Gasteiger partial charge in [-0.25, -0.2) is 9.89 Å². The van der Waals surface area contributed by atoms with E-state index in [1.165, 1.54) is 0 Å². The molecule has 0 radical (unpaired) electrons. The molecule has 0 saturated heterocycles. The van der Waals surface area contributed by atoms with Gasteiger partial charge in [-0.1, -0.05) is 42.5 Å². The maximum atomic E-state index is 12.7. The van der Waals surface area contributed by atoms with Crippen LogP contribution in [0.5, 0.6) is 0 Å². The van der Waals surface area contributed by atoms with Crippen LogP contribution >= 0.6 is 0 Å². The molecular formula is C25H20N4O5. The molecule has 9 heteroatoms. The van der Waals surface area contributed by atoms with E-state index >= 15 is 0 Å². The Bertz CT molecular complexity index is 1460. The number of amides is 2. The van der Waals surface area contributed by atoms with E-state index in [-0.39, 0.29) is 22.3 Å². The summed E-state index contributed by atoms with van der Waals surface area (Å²) < 4.78 is 5.08. The van der Waals surface area contributed by atoms with Crippen LogP contribution in [0.1, 0.15) is 26.4 Å². The number of carbonyl (C=O) groups excluding carboxylic acids is 3. The van der Waals surface area contributed by atoms with E-state index < -0.39 is 29.9 Å². The van der Waals surface area contributed by atoms with Gasteiger partial charge in [0.1, 0.15) is 0 Å². The van der Waals surface area contributed by atoms with Crippen molar-refractivity contribution in [2.45, 2.75) is 6.92 Å². The van der Waals surface area contributed by atoms with Crippen LogP contribution in [-0.4, -0.2) is 34.6 Å². The standard InChI is InChI=1S/C25H20N4O5/c1-15-7-6-8-16(13-15)26-23(31)19-11-4-5-12-20(19)27-21(30)14-34-25(33)22-17-9-2-3-10-18(17)24(32)29-28-22/h2-13H,14H2,1H3,(H,26,31)(H,27,30)(H,29,32). The summed E-state index contributed by atoms with van der Waals surface area (Å²) in [6.07, 6.45) is 0. The maximum Gasteiger partial charge on any atom is 0.359 e. The molecule has 0 bridgehead atoms. The minimum absolute atomic E-state index is 0.110. The number of hydrogen-bond acceptors (Lipinski definition) is 6. The fourth-order valence-corrected chi connectivity index (χ4v) is 3.37. The SMILES string of the molecule is Cc1cccc(NC(=O)c2ccccc2NC(=O)COC(=O)c2n[nH]c(=O)c3ccccc23)c1. The van der Waals surface area contributed by atoms with Gasteiger partial charge in [0.2, 0.25) is 0 Å². The number of esters is 1. The summed E-state index contributed by atoms with van der Waals surface area (Å²) in [4.78, 5) is 49.5. The molecule has 1 heterocycles. The molecule has 0 saturated carbocycles. The molecule has 3 N–H and O–H groups in total. The molecule has 9 nitrogen and oxygen atoms in total. The van der Waals surface area contributed by atoms with E-state index in [2.05, 4.69) is 20.8 Å². The first-order valence-corrected chi connectivity index (χ1v) is 10.3. The van der Waals surface area contributed by atoms with Gasteiger partial charge in [-0.15, -0.1) is 0 Å². The monoisotopic (exact) mass is 456 g/mol. The molecule has 0 atom stereocenters. The minimum atomic E-state index is -0.868. The van der Waals surface area contributed by atoms with Gasteiger partial charge in [0.05, 0.1) is 16.6 Å². The minimum Gasteiger partial charge on any atom is -0.451 e. The third-order valence-electron chi connectivity index (χ3n) is 4.95. The number of ether oxygens (including phenoxy) is 1. The van der Waals surface area contributed by atoms with Gasteiger partial charge in [-0.2, -0.15) is 5.10 Å². The Morgan fingerprint density at radius 3 is 2.44 bits per heavy atom. The Labute approximate surface area is 193 Å². The number of aromatic amines is 1. The lowest BCUT2D eigenvalue weighted by atomic mass is 10.1. The molecule has 170 valence electrons. The van der Waals surface area contributed by atoms with E-state index in [1.54, 1.807) is 54.6 Å². The average molecular weight is 456 g/mol. The number of nitrogens with one attached hydrogen (secondary N) is 3. The second kappa shape index (κ2) is 9.78. The zero-order valence-corrected chi connectivity index (χ0v) is 18.1. The fourth-order valence-electron chi connectivity index (χ4n) is 3.37. The number of H-pyrrole nitrogens is 1. The number of anilines is 2. The van der Waals surface area contributed by atoms with E-state index in [9.17, 15) is 19.2 Å². The molecule has 3 aromatic carbocycles. The van der Waals surface area contributed by atoms with Crippen LogP contribution < -0.4 is 16.2 Å². The maximum absolute atomic E-state index is 12.7. The third kappa shape index (κ3) is 4.99. The van der Waals surface area contributed by atoms with Crippen LogP contribution in [0.4, 0.5) is 11.4 Å². The number of benzene rings is 3. The number of aromatic nitrogens is 2. The molecule has 4 rings (SSSR count). The lowest BCUT2D eigenvalue weighted by Gasteiger charge is -2.12.